The van der Waals surface area contributed by atoms with Crippen molar-refractivity contribution in [3.05, 3.63) is 28.7 Å². The predicted molar refractivity (Wildman–Crippen MR) is 114 cm³/mol. The topological polar surface area (TPSA) is 73.0 Å². The molecule has 0 aliphatic heterocycles. The number of benzene rings is 1. The number of rotatable bonds is 6. The molecule has 1 saturated carbocycles. The van der Waals surface area contributed by atoms with Gasteiger partial charge in [-0.05, 0) is 44.0 Å². The second kappa shape index (κ2) is 8.69. The number of carbonyl (C=O) groups excluding carboxylic acids is 1. The van der Waals surface area contributed by atoms with Gasteiger partial charge in [-0.15, -0.1) is 10.2 Å². The van der Waals surface area contributed by atoms with E-state index in [0.717, 1.165) is 33.4 Å². The molecule has 28 heavy (non-hydrogen) atoms. The van der Waals surface area contributed by atoms with Gasteiger partial charge in [0.05, 0.1) is 5.75 Å². The third kappa shape index (κ3) is 4.27. The summed E-state index contributed by atoms with van der Waals surface area (Å²) in [6.07, 6.45) is 5.88. The zero-order valence-electron chi connectivity index (χ0n) is 15.8. The van der Waals surface area contributed by atoms with Crippen LogP contribution < -0.4 is 5.32 Å². The SMILES string of the molecule is CCn1c(SCC(=O)NC2CCCCC2)nnc1-c1cc2cc(Br)ccc2o1. The lowest BCUT2D eigenvalue weighted by molar-refractivity contribution is -0.119. The summed E-state index contributed by atoms with van der Waals surface area (Å²) in [4.78, 5) is 12.3. The molecule has 1 amide bonds. The maximum absolute atomic E-state index is 12.3. The van der Waals surface area contributed by atoms with Crippen molar-refractivity contribution < 1.29 is 9.21 Å². The Morgan fingerprint density at radius 2 is 2.11 bits per heavy atom. The van der Waals surface area contributed by atoms with Gasteiger partial charge in [-0.2, -0.15) is 0 Å². The van der Waals surface area contributed by atoms with Gasteiger partial charge in [-0.3, -0.25) is 9.36 Å². The Hall–Kier alpha value is -1.80. The molecule has 1 fully saturated rings. The first-order chi connectivity index (χ1) is 13.6. The number of fused-ring (bicyclic) bond motifs is 1. The van der Waals surface area contributed by atoms with E-state index in [1.807, 2.05) is 35.8 Å². The van der Waals surface area contributed by atoms with Gasteiger partial charge in [-0.1, -0.05) is 47.0 Å². The fraction of sp³-hybridized carbons (Fsp3) is 0.450. The first-order valence-corrected chi connectivity index (χ1v) is 11.5. The minimum atomic E-state index is 0.0673. The molecule has 0 spiro atoms. The Labute approximate surface area is 176 Å². The number of amides is 1. The molecular weight excluding hydrogens is 440 g/mol. The van der Waals surface area contributed by atoms with Gasteiger partial charge in [-0.25, -0.2) is 0 Å². The molecule has 2 aromatic heterocycles. The number of thioether (sulfide) groups is 1. The molecule has 1 N–H and O–H groups in total. The molecule has 0 radical (unpaired) electrons. The molecule has 0 saturated heterocycles. The lowest BCUT2D eigenvalue weighted by atomic mass is 9.95. The molecule has 3 aromatic rings. The Balaban J connectivity index is 1.46. The van der Waals surface area contributed by atoms with E-state index in [0.29, 0.717) is 29.9 Å². The molecule has 0 unspecified atom stereocenters. The molecule has 1 aromatic carbocycles. The van der Waals surface area contributed by atoms with E-state index in [4.69, 9.17) is 4.42 Å². The number of aromatic nitrogens is 3. The highest BCUT2D eigenvalue weighted by atomic mass is 79.9. The van der Waals surface area contributed by atoms with Crippen molar-refractivity contribution in [1.29, 1.82) is 0 Å². The standard InChI is InChI=1S/C20H23BrN4O2S/c1-2-25-19(17-11-13-10-14(21)8-9-16(13)27-17)23-24-20(25)28-12-18(26)22-15-6-4-3-5-7-15/h8-11,15H,2-7,12H2,1H3,(H,22,26). The van der Waals surface area contributed by atoms with Crippen LogP contribution >= 0.6 is 27.7 Å². The molecule has 148 valence electrons. The fourth-order valence-corrected chi connectivity index (χ4v) is 4.83. The smallest absolute Gasteiger partial charge is 0.230 e. The molecule has 4 rings (SSSR count). The van der Waals surface area contributed by atoms with Gasteiger partial charge in [0.25, 0.3) is 0 Å². The summed E-state index contributed by atoms with van der Waals surface area (Å²) in [6, 6.07) is 8.20. The van der Waals surface area contributed by atoms with Crippen molar-refractivity contribution in [2.75, 3.05) is 5.75 Å². The maximum Gasteiger partial charge on any atom is 0.230 e. The molecule has 0 atom stereocenters. The molecule has 0 bridgehead atoms. The third-order valence-corrected chi connectivity index (χ3v) is 6.49. The van der Waals surface area contributed by atoms with Crippen molar-refractivity contribution in [3.8, 4) is 11.6 Å². The Morgan fingerprint density at radius 1 is 1.29 bits per heavy atom. The van der Waals surface area contributed by atoms with Gasteiger partial charge in [0.1, 0.15) is 5.58 Å². The van der Waals surface area contributed by atoms with Crippen LogP contribution in [0, 0.1) is 0 Å². The van der Waals surface area contributed by atoms with E-state index >= 15 is 0 Å². The molecule has 8 heteroatoms. The number of halogens is 1. The van der Waals surface area contributed by atoms with Crippen LogP contribution in [-0.4, -0.2) is 32.5 Å². The minimum absolute atomic E-state index is 0.0673. The summed E-state index contributed by atoms with van der Waals surface area (Å²) >= 11 is 4.90. The second-order valence-electron chi connectivity index (χ2n) is 7.03. The van der Waals surface area contributed by atoms with Crippen molar-refractivity contribution >= 4 is 44.6 Å². The van der Waals surface area contributed by atoms with Gasteiger partial charge < -0.3 is 9.73 Å². The molecule has 1 aliphatic rings. The average molecular weight is 463 g/mol. The van der Waals surface area contributed by atoms with E-state index in [9.17, 15) is 4.79 Å². The van der Waals surface area contributed by atoms with Crippen molar-refractivity contribution in [2.45, 2.75) is 56.8 Å². The molecule has 1 aliphatic carbocycles. The minimum Gasteiger partial charge on any atom is -0.453 e. The lowest BCUT2D eigenvalue weighted by Crippen LogP contribution is -2.37. The van der Waals surface area contributed by atoms with Crippen LogP contribution in [-0.2, 0) is 11.3 Å². The maximum atomic E-state index is 12.3. The first kappa shape index (κ1) is 19.5. The number of hydrogen-bond donors (Lipinski definition) is 1. The van der Waals surface area contributed by atoms with Gasteiger partial charge in [0.15, 0.2) is 10.9 Å². The summed E-state index contributed by atoms with van der Waals surface area (Å²) in [5.41, 5.74) is 0.810. The van der Waals surface area contributed by atoms with Gasteiger partial charge in [0, 0.05) is 22.4 Å². The zero-order valence-corrected chi connectivity index (χ0v) is 18.2. The van der Waals surface area contributed by atoms with E-state index in [1.54, 1.807) is 0 Å². The van der Waals surface area contributed by atoms with Gasteiger partial charge in [0.2, 0.25) is 11.7 Å². The van der Waals surface area contributed by atoms with Crippen LogP contribution in [0.3, 0.4) is 0 Å². The second-order valence-corrected chi connectivity index (χ2v) is 8.89. The van der Waals surface area contributed by atoms with Crippen LogP contribution in [0.1, 0.15) is 39.0 Å². The quantitative estimate of drug-likeness (QED) is 0.520. The lowest BCUT2D eigenvalue weighted by Gasteiger charge is -2.22. The highest BCUT2D eigenvalue weighted by molar-refractivity contribution is 9.10. The Kier molecular flexibility index (Phi) is 6.06. The molecular formula is C20H23BrN4O2S. The average Bonchev–Trinajstić information content (AvgIpc) is 3.30. The Bertz CT molecular complexity index is 978. The number of hydrogen-bond acceptors (Lipinski definition) is 5. The van der Waals surface area contributed by atoms with Crippen LogP contribution in [0.25, 0.3) is 22.6 Å². The number of nitrogens with zero attached hydrogens (tertiary/aromatic N) is 3. The summed E-state index contributed by atoms with van der Waals surface area (Å²) < 4.78 is 8.95. The number of nitrogens with one attached hydrogen (secondary N) is 1. The van der Waals surface area contributed by atoms with Crippen LogP contribution in [0.5, 0.6) is 0 Å². The fourth-order valence-electron chi connectivity index (χ4n) is 3.63. The van der Waals surface area contributed by atoms with E-state index in [-0.39, 0.29) is 5.91 Å². The normalized spacial score (nSPS) is 15.2. The number of carbonyl (C=O) groups is 1. The van der Waals surface area contributed by atoms with E-state index < -0.39 is 0 Å². The molecule has 6 nitrogen and oxygen atoms in total. The number of furan rings is 1. The summed E-state index contributed by atoms with van der Waals surface area (Å²) in [6.45, 7) is 2.74. The first-order valence-electron chi connectivity index (χ1n) is 9.69. The predicted octanol–water partition coefficient (Wildman–Crippen LogP) is 5.01. The monoisotopic (exact) mass is 462 g/mol. The summed E-state index contributed by atoms with van der Waals surface area (Å²) in [5.74, 6) is 1.78. The van der Waals surface area contributed by atoms with Crippen molar-refractivity contribution in [3.63, 3.8) is 0 Å². The van der Waals surface area contributed by atoms with Crippen LogP contribution in [0.15, 0.2) is 38.3 Å². The van der Waals surface area contributed by atoms with Crippen molar-refractivity contribution in [1.82, 2.24) is 20.1 Å². The van der Waals surface area contributed by atoms with Gasteiger partial charge >= 0.3 is 0 Å². The van der Waals surface area contributed by atoms with Crippen LogP contribution in [0.4, 0.5) is 0 Å². The molecule has 2 heterocycles. The highest BCUT2D eigenvalue weighted by Crippen LogP contribution is 2.30. The largest absolute Gasteiger partial charge is 0.453 e. The summed E-state index contributed by atoms with van der Waals surface area (Å²) in [5, 5.41) is 13.5. The third-order valence-electron chi connectivity index (χ3n) is 5.03. The van der Waals surface area contributed by atoms with Crippen LogP contribution in [0.2, 0.25) is 0 Å². The van der Waals surface area contributed by atoms with E-state index in [1.165, 1.54) is 31.0 Å². The zero-order chi connectivity index (χ0) is 19.5. The summed E-state index contributed by atoms with van der Waals surface area (Å²) in [7, 11) is 0. The highest BCUT2D eigenvalue weighted by Gasteiger charge is 2.19. The Morgan fingerprint density at radius 3 is 2.89 bits per heavy atom. The van der Waals surface area contributed by atoms with Crippen molar-refractivity contribution in [2.24, 2.45) is 0 Å². The van der Waals surface area contributed by atoms with E-state index in [2.05, 4.69) is 31.4 Å².